The molecule has 3 rings (SSSR count). The summed E-state index contributed by atoms with van der Waals surface area (Å²) >= 11 is 0. The first kappa shape index (κ1) is 21.3. The molecule has 6 heteroatoms. The molecule has 154 valence electrons. The maximum atomic E-state index is 12.9. The molecule has 0 saturated heterocycles. The number of hydrogen-bond donors (Lipinski definition) is 0. The van der Waals surface area contributed by atoms with Crippen LogP contribution >= 0.6 is 0 Å². The predicted octanol–water partition coefficient (Wildman–Crippen LogP) is 4.21. The zero-order chi connectivity index (χ0) is 21.4. The molecule has 0 unspecified atom stereocenters. The lowest BCUT2D eigenvalue weighted by molar-refractivity contribution is 0.104. The Morgan fingerprint density at radius 2 is 1.62 bits per heavy atom. The molecule has 0 aromatic heterocycles. The molecule has 0 spiro atoms. The number of hydrogen-bond acceptors (Lipinski definition) is 4. The van der Waals surface area contributed by atoms with Crippen molar-refractivity contribution in [2.75, 3.05) is 25.0 Å². The van der Waals surface area contributed by atoms with Crippen molar-refractivity contribution < 1.29 is 13.2 Å². The predicted molar refractivity (Wildman–Crippen MR) is 117 cm³/mol. The fourth-order valence-electron chi connectivity index (χ4n) is 3.97. The van der Waals surface area contributed by atoms with Gasteiger partial charge in [0, 0.05) is 48.6 Å². The van der Waals surface area contributed by atoms with Gasteiger partial charge in [-0.15, -0.1) is 0 Å². The lowest BCUT2D eigenvalue weighted by Gasteiger charge is -2.24. The Balaban J connectivity index is 1.91. The first-order valence-corrected chi connectivity index (χ1v) is 11.3. The van der Waals surface area contributed by atoms with E-state index in [-0.39, 0.29) is 16.1 Å². The molecule has 5 nitrogen and oxygen atoms in total. The van der Waals surface area contributed by atoms with Crippen LogP contribution in [0.25, 0.3) is 0 Å². The summed E-state index contributed by atoms with van der Waals surface area (Å²) in [5.41, 5.74) is 3.38. The third-order valence-corrected chi connectivity index (χ3v) is 7.75. The quantitative estimate of drug-likeness (QED) is 0.527. The summed E-state index contributed by atoms with van der Waals surface area (Å²) in [5, 5.41) is 0. The standard InChI is InChI=1S/C23H28N2O3S/c1-6-25(7-2)29(27,28)18-14-12-17(13-15-18)21(26)16-22-23(3,4)19-10-8-9-11-20(19)24(22)5/h8-16H,6-7H2,1-5H3/b22-16+. The second kappa shape index (κ2) is 7.76. The van der Waals surface area contributed by atoms with Crippen molar-refractivity contribution in [3.05, 3.63) is 71.4 Å². The highest BCUT2D eigenvalue weighted by Gasteiger charge is 2.38. The van der Waals surface area contributed by atoms with Gasteiger partial charge in [-0.25, -0.2) is 8.42 Å². The second-order valence-corrected chi connectivity index (χ2v) is 9.65. The summed E-state index contributed by atoms with van der Waals surface area (Å²) in [6, 6.07) is 14.3. The van der Waals surface area contributed by atoms with E-state index in [2.05, 4.69) is 26.0 Å². The third-order valence-electron chi connectivity index (χ3n) is 5.69. The smallest absolute Gasteiger partial charge is 0.243 e. The van der Waals surface area contributed by atoms with E-state index >= 15 is 0 Å². The lowest BCUT2D eigenvalue weighted by Crippen LogP contribution is -2.30. The highest BCUT2D eigenvalue weighted by atomic mass is 32.2. The van der Waals surface area contributed by atoms with E-state index < -0.39 is 10.0 Å². The summed E-state index contributed by atoms with van der Waals surface area (Å²) in [4.78, 5) is 15.2. The van der Waals surface area contributed by atoms with Crippen molar-refractivity contribution in [3.63, 3.8) is 0 Å². The number of carbonyl (C=O) groups is 1. The maximum Gasteiger partial charge on any atom is 0.243 e. The average molecular weight is 413 g/mol. The topological polar surface area (TPSA) is 57.7 Å². The Morgan fingerprint density at radius 3 is 2.17 bits per heavy atom. The fraction of sp³-hybridized carbons (Fsp3) is 0.348. The van der Waals surface area contributed by atoms with Gasteiger partial charge in [0.1, 0.15) is 0 Å². The minimum absolute atomic E-state index is 0.139. The molecule has 0 radical (unpaired) electrons. The van der Waals surface area contributed by atoms with Crippen LogP contribution in [0.5, 0.6) is 0 Å². The number of nitrogens with zero attached hydrogens (tertiary/aromatic N) is 2. The molecule has 1 aliphatic heterocycles. The van der Waals surface area contributed by atoms with Crippen LogP contribution in [-0.4, -0.2) is 38.6 Å². The van der Waals surface area contributed by atoms with Crippen LogP contribution in [0.4, 0.5) is 5.69 Å². The summed E-state index contributed by atoms with van der Waals surface area (Å²) < 4.78 is 26.7. The molecular formula is C23H28N2O3S. The molecule has 2 aromatic rings. The number of ketones is 1. The number of anilines is 1. The van der Waals surface area contributed by atoms with Crippen LogP contribution in [-0.2, 0) is 15.4 Å². The molecule has 0 atom stereocenters. The minimum atomic E-state index is -3.53. The van der Waals surface area contributed by atoms with Crippen molar-refractivity contribution in [2.24, 2.45) is 0 Å². The zero-order valence-electron chi connectivity index (χ0n) is 17.6. The summed E-state index contributed by atoms with van der Waals surface area (Å²) in [5.74, 6) is -0.139. The van der Waals surface area contributed by atoms with Gasteiger partial charge in [-0.1, -0.05) is 45.9 Å². The van der Waals surface area contributed by atoms with E-state index in [0.717, 1.165) is 11.4 Å². The Morgan fingerprint density at radius 1 is 1.03 bits per heavy atom. The largest absolute Gasteiger partial charge is 0.347 e. The van der Waals surface area contributed by atoms with Crippen LogP contribution in [0.2, 0.25) is 0 Å². The number of sulfonamides is 1. The average Bonchev–Trinajstić information content (AvgIpc) is 2.90. The van der Waals surface area contributed by atoms with Gasteiger partial charge in [-0.3, -0.25) is 4.79 Å². The highest BCUT2D eigenvalue weighted by molar-refractivity contribution is 7.89. The molecule has 0 aliphatic carbocycles. The molecule has 1 heterocycles. The maximum absolute atomic E-state index is 12.9. The van der Waals surface area contributed by atoms with E-state index in [1.165, 1.54) is 22.0 Å². The normalized spacial score (nSPS) is 17.0. The van der Waals surface area contributed by atoms with E-state index in [4.69, 9.17) is 0 Å². The Hall–Kier alpha value is -2.44. The van der Waals surface area contributed by atoms with E-state index in [1.54, 1.807) is 18.2 Å². The Bertz CT molecular complexity index is 1050. The van der Waals surface area contributed by atoms with Gasteiger partial charge in [0.15, 0.2) is 5.78 Å². The molecule has 0 fully saturated rings. The monoisotopic (exact) mass is 412 g/mol. The summed E-state index contributed by atoms with van der Waals surface area (Å²) in [6.07, 6.45) is 1.66. The fourth-order valence-corrected chi connectivity index (χ4v) is 5.43. The lowest BCUT2D eigenvalue weighted by atomic mass is 9.83. The van der Waals surface area contributed by atoms with Gasteiger partial charge < -0.3 is 4.90 Å². The van der Waals surface area contributed by atoms with Crippen molar-refractivity contribution in [2.45, 2.75) is 38.0 Å². The van der Waals surface area contributed by atoms with Gasteiger partial charge >= 0.3 is 0 Å². The number of fused-ring (bicyclic) bond motifs is 1. The van der Waals surface area contributed by atoms with Crippen molar-refractivity contribution in [1.29, 1.82) is 0 Å². The van der Waals surface area contributed by atoms with Crippen molar-refractivity contribution in [3.8, 4) is 0 Å². The van der Waals surface area contributed by atoms with E-state index in [1.807, 2.05) is 37.9 Å². The van der Waals surface area contributed by atoms with Gasteiger partial charge in [0.25, 0.3) is 0 Å². The summed E-state index contributed by atoms with van der Waals surface area (Å²) in [6.45, 7) is 8.65. The third kappa shape index (κ3) is 3.63. The molecule has 29 heavy (non-hydrogen) atoms. The first-order valence-electron chi connectivity index (χ1n) is 9.84. The molecule has 1 aliphatic rings. The Labute approximate surface area is 173 Å². The molecule has 0 bridgehead atoms. The van der Waals surface area contributed by atoms with Gasteiger partial charge in [-0.2, -0.15) is 4.31 Å². The SMILES string of the molecule is CCN(CC)S(=O)(=O)c1ccc(C(=O)/C=C2/N(C)c3ccccc3C2(C)C)cc1. The number of para-hydroxylation sites is 1. The van der Waals surface area contributed by atoms with Crippen LogP contribution in [0.15, 0.2) is 65.2 Å². The zero-order valence-corrected chi connectivity index (χ0v) is 18.5. The molecular weight excluding hydrogens is 384 g/mol. The minimum Gasteiger partial charge on any atom is -0.347 e. The number of likely N-dealkylation sites (N-methyl/N-ethyl adjacent to an activating group) is 1. The highest BCUT2D eigenvalue weighted by Crippen LogP contribution is 2.46. The Kier molecular flexibility index (Phi) is 5.70. The number of carbonyl (C=O) groups excluding carboxylic acids is 1. The van der Waals surface area contributed by atoms with Crippen LogP contribution in [0.3, 0.4) is 0 Å². The number of allylic oxidation sites excluding steroid dienone is 2. The summed E-state index contributed by atoms with van der Waals surface area (Å²) in [7, 11) is -1.57. The van der Waals surface area contributed by atoms with Crippen LogP contribution in [0.1, 0.15) is 43.6 Å². The molecule has 2 aromatic carbocycles. The number of rotatable bonds is 6. The van der Waals surface area contributed by atoms with Crippen LogP contribution < -0.4 is 4.90 Å². The van der Waals surface area contributed by atoms with Gasteiger partial charge in [0.05, 0.1) is 4.90 Å². The van der Waals surface area contributed by atoms with E-state index in [9.17, 15) is 13.2 Å². The number of benzene rings is 2. The van der Waals surface area contributed by atoms with E-state index in [0.29, 0.717) is 18.7 Å². The molecule has 0 amide bonds. The first-order chi connectivity index (χ1) is 13.6. The molecule has 0 N–H and O–H groups in total. The molecule has 0 saturated carbocycles. The van der Waals surface area contributed by atoms with Crippen LogP contribution in [0, 0.1) is 0 Å². The van der Waals surface area contributed by atoms with Crippen molar-refractivity contribution in [1.82, 2.24) is 4.31 Å². The second-order valence-electron chi connectivity index (χ2n) is 7.71. The van der Waals surface area contributed by atoms with Gasteiger partial charge in [0.2, 0.25) is 10.0 Å². The van der Waals surface area contributed by atoms with Crippen molar-refractivity contribution >= 4 is 21.5 Å². The van der Waals surface area contributed by atoms with Gasteiger partial charge in [-0.05, 0) is 35.9 Å².